The molecule has 0 saturated heterocycles. The molecule has 1 saturated carbocycles. The topological polar surface area (TPSA) is 20.2 Å². The van der Waals surface area contributed by atoms with E-state index in [0.717, 1.165) is 6.42 Å². The van der Waals surface area contributed by atoms with Crippen LogP contribution in [0.25, 0.3) is 0 Å². The van der Waals surface area contributed by atoms with E-state index in [4.69, 9.17) is 5.11 Å². The van der Waals surface area contributed by atoms with Crippen LogP contribution in [0.1, 0.15) is 44.2 Å². The summed E-state index contributed by atoms with van der Waals surface area (Å²) >= 11 is 0. The molecule has 0 amide bonds. The first kappa shape index (κ1) is 10.7. The molecule has 1 N–H and O–H groups in total. The highest BCUT2D eigenvalue weighted by atomic mass is 16.3. The van der Waals surface area contributed by atoms with Crippen LogP contribution >= 0.6 is 0 Å². The molecule has 1 heteroatoms. The van der Waals surface area contributed by atoms with Gasteiger partial charge in [0.2, 0.25) is 0 Å². The average molecular weight is 204 g/mol. The van der Waals surface area contributed by atoms with Crippen molar-refractivity contribution in [1.82, 2.24) is 0 Å². The molecular weight excluding hydrogens is 184 g/mol. The molecule has 0 unspecified atom stereocenters. The summed E-state index contributed by atoms with van der Waals surface area (Å²) in [5.74, 6) is 1.13. The molecule has 1 fully saturated rings. The predicted molar refractivity (Wildman–Crippen MR) is 63.1 cm³/mol. The van der Waals surface area contributed by atoms with Gasteiger partial charge in [-0.1, -0.05) is 45.0 Å². The predicted octanol–water partition coefficient (Wildman–Crippen LogP) is 3.08. The first-order valence-corrected chi connectivity index (χ1v) is 5.73. The lowest BCUT2D eigenvalue weighted by atomic mass is 9.86. The Morgan fingerprint density at radius 1 is 1.20 bits per heavy atom. The van der Waals surface area contributed by atoms with Gasteiger partial charge >= 0.3 is 0 Å². The van der Waals surface area contributed by atoms with Crippen molar-refractivity contribution in [3.63, 3.8) is 0 Å². The highest BCUT2D eigenvalue weighted by molar-refractivity contribution is 5.32. The van der Waals surface area contributed by atoms with Crippen LogP contribution in [0.4, 0.5) is 0 Å². The van der Waals surface area contributed by atoms with Crippen LogP contribution < -0.4 is 0 Å². The van der Waals surface area contributed by atoms with Crippen LogP contribution in [-0.4, -0.2) is 11.7 Å². The van der Waals surface area contributed by atoms with Crippen molar-refractivity contribution in [2.45, 2.75) is 38.5 Å². The lowest BCUT2D eigenvalue weighted by Gasteiger charge is -2.19. The molecular formula is C14H20O. The van der Waals surface area contributed by atoms with E-state index in [0.29, 0.717) is 18.4 Å². The van der Waals surface area contributed by atoms with Crippen molar-refractivity contribution >= 4 is 0 Å². The van der Waals surface area contributed by atoms with Crippen molar-refractivity contribution in [3.05, 3.63) is 35.4 Å². The molecule has 1 aromatic rings. The zero-order valence-corrected chi connectivity index (χ0v) is 9.83. The Hall–Kier alpha value is -0.820. The number of benzene rings is 1. The summed E-state index contributed by atoms with van der Waals surface area (Å²) in [4.78, 5) is 0. The Labute approximate surface area is 92.1 Å². The van der Waals surface area contributed by atoms with Crippen molar-refractivity contribution in [2.75, 3.05) is 6.61 Å². The molecule has 2 rings (SSSR count). The van der Waals surface area contributed by atoms with Crippen molar-refractivity contribution in [3.8, 4) is 0 Å². The number of rotatable bonds is 2. The first-order chi connectivity index (χ1) is 7.02. The van der Waals surface area contributed by atoms with Crippen LogP contribution in [0.5, 0.6) is 0 Å². The maximum absolute atomic E-state index is 9.02. The van der Waals surface area contributed by atoms with E-state index in [1.807, 2.05) is 0 Å². The van der Waals surface area contributed by atoms with Gasteiger partial charge < -0.3 is 5.11 Å². The second kappa shape index (κ2) is 3.64. The minimum atomic E-state index is 0.235. The molecule has 0 radical (unpaired) electrons. The van der Waals surface area contributed by atoms with Crippen LogP contribution in [0.3, 0.4) is 0 Å². The van der Waals surface area contributed by atoms with Gasteiger partial charge in [0.15, 0.2) is 0 Å². The molecule has 0 bridgehead atoms. The SMILES string of the molecule is CC(C)(C)c1ccc([C@H]2C[C@@H]2CO)cc1. The summed E-state index contributed by atoms with van der Waals surface area (Å²) in [6.45, 7) is 7.03. The largest absolute Gasteiger partial charge is 0.396 e. The van der Waals surface area contributed by atoms with Gasteiger partial charge in [-0.15, -0.1) is 0 Å². The minimum Gasteiger partial charge on any atom is -0.396 e. The summed E-state index contributed by atoms with van der Waals surface area (Å²) in [6, 6.07) is 8.89. The van der Waals surface area contributed by atoms with Gasteiger partial charge in [0, 0.05) is 6.61 Å². The van der Waals surface area contributed by atoms with Gasteiger partial charge in [-0.3, -0.25) is 0 Å². The smallest absolute Gasteiger partial charge is 0.0465 e. The molecule has 0 spiro atoms. The Morgan fingerprint density at radius 2 is 1.80 bits per heavy atom. The molecule has 1 aromatic carbocycles. The summed E-state index contributed by atoms with van der Waals surface area (Å²) < 4.78 is 0. The second-order valence-electron chi connectivity index (χ2n) is 5.66. The highest BCUT2D eigenvalue weighted by Crippen LogP contribution is 2.47. The summed E-state index contributed by atoms with van der Waals surface area (Å²) in [7, 11) is 0. The van der Waals surface area contributed by atoms with Crippen LogP contribution in [0, 0.1) is 5.92 Å². The van der Waals surface area contributed by atoms with Crippen LogP contribution in [-0.2, 0) is 5.41 Å². The van der Waals surface area contributed by atoms with Crippen LogP contribution in [0.15, 0.2) is 24.3 Å². The van der Waals surface area contributed by atoms with E-state index < -0.39 is 0 Å². The fourth-order valence-corrected chi connectivity index (χ4v) is 2.09. The molecule has 1 aliphatic rings. The first-order valence-electron chi connectivity index (χ1n) is 5.73. The third-order valence-electron chi connectivity index (χ3n) is 3.36. The number of aliphatic hydroxyl groups excluding tert-OH is 1. The van der Waals surface area contributed by atoms with Gasteiger partial charge in [-0.2, -0.15) is 0 Å². The molecule has 0 aromatic heterocycles. The van der Waals surface area contributed by atoms with Gasteiger partial charge in [-0.05, 0) is 34.8 Å². The Bertz CT molecular complexity index is 331. The fourth-order valence-electron chi connectivity index (χ4n) is 2.09. The third kappa shape index (κ3) is 2.23. The molecule has 1 nitrogen and oxygen atoms in total. The summed E-state index contributed by atoms with van der Waals surface area (Å²) in [6.07, 6.45) is 1.16. The third-order valence-corrected chi connectivity index (χ3v) is 3.36. The second-order valence-corrected chi connectivity index (χ2v) is 5.66. The quantitative estimate of drug-likeness (QED) is 0.785. The number of hydrogen-bond donors (Lipinski definition) is 1. The highest BCUT2D eigenvalue weighted by Gasteiger charge is 2.37. The maximum Gasteiger partial charge on any atom is 0.0465 e. The van der Waals surface area contributed by atoms with E-state index >= 15 is 0 Å². The average Bonchev–Trinajstić information content (AvgIpc) is 2.95. The molecule has 2 atom stereocenters. The molecule has 15 heavy (non-hydrogen) atoms. The number of aliphatic hydroxyl groups is 1. The zero-order chi connectivity index (χ0) is 11.1. The Balaban J connectivity index is 2.12. The Kier molecular flexibility index (Phi) is 2.59. The maximum atomic E-state index is 9.02. The standard InChI is InChI=1S/C14H20O/c1-14(2,3)12-6-4-10(5-7-12)13-8-11(13)9-15/h4-7,11,13,15H,8-9H2,1-3H3/t11-,13-/m1/s1. The Morgan fingerprint density at radius 3 is 2.20 bits per heavy atom. The summed E-state index contributed by atoms with van der Waals surface area (Å²) in [5, 5.41) is 9.02. The molecule has 0 aliphatic heterocycles. The van der Waals surface area contributed by atoms with Crippen LogP contribution in [0.2, 0.25) is 0 Å². The normalized spacial score (nSPS) is 25.3. The van der Waals surface area contributed by atoms with Gasteiger partial charge in [-0.25, -0.2) is 0 Å². The van der Waals surface area contributed by atoms with Gasteiger partial charge in [0.05, 0.1) is 0 Å². The number of hydrogen-bond acceptors (Lipinski definition) is 1. The van der Waals surface area contributed by atoms with E-state index in [1.165, 1.54) is 11.1 Å². The zero-order valence-electron chi connectivity index (χ0n) is 9.83. The van der Waals surface area contributed by atoms with Gasteiger partial charge in [0.1, 0.15) is 0 Å². The fraction of sp³-hybridized carbons (Fsp3) is 0.571. The van der Waals surface area contributed by atoms with E-state index in [-0.39, 0.29) is 5.41 Å². The van der Waals surface area contributed by atoms with E-state index in [1.54, 1.807) is 0 Å². The van der Waals surface area contributed by atoms with Crippen molar-refractivity contribution in [2.24, 2.45) is 5.92 Å². The molecule has 82 valence electrons. The van der Waals surface area contributed by atoms with E-state index in [9.17, 15) is 0 Å². The monoisotopic (exact) mass is 204 g/mol. The molecule has 0 heterocycles. The van der Waals surface area contributed by atoms with Crippen molar-refractivity contribution in [1.29, 1.82) is 0 Å². The minimum absolute atomic E-state index is 0.235. The molecule has 1 aliphatic carbocycles. The van der Waals surface area contributed by atoms with Gasteiger partial charge in [0.25, 0.3) is 0 Å². The summed E-state index contributed by atoms with van der Waals surface area (Å²) in [5.41, 5.74) is 3.01. The lowest BCUT2D eigenvalue weighted by molar-refractivity contribution is 0.274. The van der Waals surface area contributed by atoms with E-state index in [2.05, 4.69) is 45.0 Å². The van der Waals surface area contributed by atoms with Crippen molar-refractivity contribution < 1.29 is 5.11 Å². The lowest BCUT2D eigenvalue weighted by Crippen LogP contribution is -2.10.